The molecule has 110 valence electrons. The molecule has 0 aliphatic rings. The number of carbonyl (C=O) groups excluding carboxylic acids is 1. The van der Waals surface area contributed by atoms with E-state index >= 15 is 0 Å². The van der Waals surface area contributed by atoms with Crippen LogP contribution in [0.1, 0.15) is 23.1 Å². The summed E-state index contributed by atoms with van der Waals surface area (Å²) in [4.78, 5) is 12.1. The summed E-state index contributed by atoms with van der Waals surface area (Å²) in [5.74, 6) is -0.0246. The van der Waals surface area contributed by atoms with Gasteiger partial charge in [0.25, 0.3) is 0 Å². The summed E-state index contributed by atoms with van der Waals surface area (Å²) < 4.78 is 0. The van der Waals surface area contributed by atoms with Gasteiger partial charge in [0, 0.05) is 12.1 Å². The third-order valence-electron chi connectivity index (χ3n) is 3.40. The van der Waals surface area contributed by atoms with Crippen LogP contribution in [0.2, 0.25) is 10.0 Å². The molecule has 2 aromatic rings. The van der Waals surface area contributed by atoms with Crippen molar-refractivity contribution in [3.63, 3.8) is 0 Å². The Kier molecular flexibility index (Phi) is 5.27. The molecule has 0 saturated carbocycles. The largest absolute Gasteiger partial charge is 0.326 e. The normalized spacial score (nSPS) is 10.5. The highest BCUT2D eigenvalue weighted by molar-refractivity contribution is 6.42. The van der Waals surface area contributed by atoms with Gasteiger partial charge in [0.15, 0.2) is 0 Å². The Balaban J connectivity index is 2.01. The minimum absolute atomic E-state index is 0.0246. The average molecular weight is 322 g/mol. The van der Waals surface area contributed by atoms with E-state index in [2.05, 4.69) is 5.32 Å². The lowest BCUT2D eigenvalue weighted by atomic mass is 10.1. The number of rotatable bonds is 4. The number of nitrogens with one attached hydrogen (secondary N) is 1. The van der Waals surface area contributed by atoms with Crippen LogP contribution in [0.5, 0.6) is 0 Å². The molecule has 2 aromatic carbocycles. The number of anilines is 1. The van der Waals surface area contributed by atoms with Crippen LogP contribution in [-0.2, 0) is 11.2 Å². The highest BCUT2D eigenvalue weighted by atomic mass is 35.5. The van der Waals surface area contributed by atoms with Gasteiger partial charge in [-0.25, -0.2) is 0 Å². The van der Waals surface area contributed by atoms with Gasteiger partial charge in [-0.1, -0.05) is 53.5 Å². The van der Waals surface area contributed by atoms with Gasteiger partial charge in [0.1, 0.15) is 0 Å². The summed E-state index contributed by atoms with van der Waals surface area (Å²) in [5, 5.41) is 4.01. The van der Waals surface area contributed by atoms with Crippen molar-refractivity contribution in [1.29, 1.82) is 0 Å². The van der Waals surface area contributed by atoms with Gasteiger partial charge in [-0.15, -0.1) is 0 Å². The highest BCUT2D eigenvalue weighted by Gasteiger charge is 2.10. The molecular formula is C17H17Cl2NO. The van der Waals surface area contributed by atoms with E-state index in [9.17, 15) is 4.79 Å². The van der Waals surface area contributed by atoms with Crippen LogP contribution in [0.4, 0.5) is 5.69 Å². The maximum atomic E-state index is 12.1. The van der Waals surface area contributed by atoms with E-state index < -0.39 is 0 Å². The molecule has 2 rings (SSSR count). The third-order valence-corrected chi connectivity index (χ3v) is 4.26. The molecule has 0 saturated heterocycles. The molecule has 0 unspecified atom stereocenters. The predicted molar refractivity (Wildman–Crippen MR) is 89.3 cm³/mol. The van der Waals surface area contributed by atoms with E-state index in [0.29, 0.717) is 22.9 Å². The first kappa shape index (κ1) is 15.9. The topological polar surface area (TPSA) is 29.1 Å². The van der Waals surface area contributed by atoms with E-state index in [1.165, 1.54) is 0 Å². The van der Waals surface area contributed by atoms with Crippen molar-refractivity contribution in [2.24, 2.45) is 0 Å². The molecule has 1 amide bonds. The van der Waals surface area contributed by atoms with Crippen molar-refractivity contribution in [2.45, 2.75) is 26.7 Å². The smallest absolute Gasteiger partial charge is 0.224 e. The first-order valence-electron chi connectivity index (χ1n) is 6.78. The number of carbonyl (C=O) groups is 1. The molecule has 2 nitrogen and oxygen atoms in total. The summed E-state index contributed by atoms with van der Waals surface area (Å²) in [6.45, 7) is 3.97. The zero-order chi connectivity index (χ0) is 15.4. The van der Waals surface area contributed by atoms with Crippen molar-refractivity contribution in [1.82, 2.24) is 0 Å². The number of para-hydroxylation sites is 1. The van der Waals surface area contributed by atoms with Crippen molar-refractivity contribution in [3.8, 4) is 0 Å². The molecule has 0 aliphatic heterocycles. The van der Waals surface area contributed by atoms with Gasteiger partial charge in [0.2, 0.25) is 5.91 Å². The zero-order valence-electron chi connectivity index (χ0n) is 12.0. The maximum Gasteiger partial charge on any atom is 0.224 e. The fourth-order valence-electron chi connectivity index (χ4n) is 2.20. The molecule has 21 heavy (non-hydrogen) atoms. The van der Waals surface area contributed by atoms with Gasteiger partial charge in [0.05, 0.1) is 10.0 Å². The number of aryl methyl sites for hydroxylation is 3. The number of hydrogen-bond acceptors (Lipinski definition) is 1. The van der Waals surface area contributed by atoms with Crippen molar-refractivity contribution in [3.05, 3.63) is 63.1 Å². The highest BCUT2D eigenvalue weighted by Crippen LogP contribution is 2.26. The van der Waals surface area contributed by atoms with Crippen LogP contribution >= 0.6 is 23.2 Å². The molecule has 0 fully saturated rings. The monoisotopic (exact) mass is 321 g/mol. The van der Waals surface area contributed by atoms with Crippen molar-refractivity contribution >= 4 is 34.8 Å². The second kappa shape index (κ2) is 6.97. The fourth-order valence-corrected chi connectivity index (χ4v) is 2.62. The van der Waals surface area contributed by atoms with Gasteiger partial charge in [-0.05, 0) is 43.0 Å². The van der Waals surface area contributed by atoms with Crippen LogP contribution in [0.25, 0.3) is 0 Å². The Labute approximate surface area is 135 Å². The lowest BCUT2D eigenvalue weighted by Crippen LogP contribution is -2.14. The summed E-state index contributed by atoms with van der Waals surface area (Å²) >= 11 is 12.1. The summed E-state index contributed by atoms with van der Waals surface area (Å²) in [5.41, 5.74) is 3.90. The standard InChI is InChI=1S/C17H17Cl2NO/c1-11-5-3-6-12(2)17(11)20-15(21)10-9-13-7-4-8-14(18)16(13)19/h3-8H,9-10H2,1-2H3,(H,20,21). The predicted octanol–water partition coefficient (Wildman–Crippen LogP) is 5.18. The molecule has 1 N–H and O–H groups in total. The van der Waals surface area contributed by atoms with Crippen LogP contribution < -0.4 is 5.32 Å². The van der Waals surface area contributed by atoms with Crippen molar-refractivity contribution in [2.75, 3.05) is 5.32 Å². The van der Waals surface area contributed by atoms with Gasteiger partial charge < -0.3 is 5.32 Å². The van der Waals surface area contributed by atoms with Gasteiger partial charge in [-0.2, -0.15) is 0 Å². The van der Waals surface area contributed by atoms with Crippen LogP contribution in [-0.4, -0.2) is 5.91 Å². The Hall–Kier alpha value is -1.51. The Morgan fingerprint density at radius 2 is 1.67 bits per heavy atom. The van der Waals surface area contributed by atoms with Gasteiger partial charge >= 0.3 is 0 Å². The Bertz CT molecular complexity index is 648. The SMILES string of the molecule is Cc1cccc(C)c1NC(=O)CCc1cccc(Cl)c1Cl. The van der Waals surface area contributed by atoms with Crippen LogP contribution in [0.15, 0.2) is 36.4 Å². The quantitative estimate of drug-likeness (QED) is 0.825. The Morgan fingerprint density at radius 3 is 2.33 bits per heavy atom. The summed E-state index contributed by atoms with van der Waals surface area (Å²) in [7, 11) is 0. The molecular weight excluding hydrogens is 305 g/mol. The number of amides is 1. The van der Waals surface area contributed by atoms with Crippen LogP contribution in [0.3, 0.4) is 0 Å². The number of hydrogen-bond donors (Lipinski definition) is 1. The average Bonchev–Trinajstić information content (AvgIpc) is 2.45. The number of halogens is 2. The molecule has 4 heteroatoms. The zero-order valence-corrected chi connectivity index (χ0v) is 13.6. The first-order chi connectivity index (χ1) is 9.99. The maximum absolute atomic E-state index is 12.1. The second-order valence-electron chi connectivity index (χ2n) is 5.03. The summed E-state index contributed by atoms with van der Waals surface area (Å²) in [6.07, 6.45) is 0.935. The molecule has 0 spiro atoms. The van der Waals surface area contributed by atoms with Crippen molar-refractivity contribution < 1.29 is 4.79 Å². The van der Waals surface area contributed by atoms with E-state index in [-0.39, 0.29) is 5.91 Å². The first-order valence-corrected chi connectivity index (χ1v) is 7.53. The van der Waals surface area contributed by atoms with E-state index in [4.69, 9.17) is 23.2 Å². The lowest BCUT2D eigenvalue weighted by molar-refractivity contribution is -0.116. The van der Waals surface area contributed by atoms with E-state index in [1.54, 1.807) is 6.07 Å². The third kappa shape index (κ3) is 3.99. The number of benzene rings is 2. The Morgan fingerprint density at radius 1 is 1.05 bits per heavy atom. The molecule has 0 heterocycles. The van der Waals surface area contributed by atoms with Gasteiger partial charge in [-0.3, -0.25) is 4.79 Å². The molecule has 0 radical (unpaired) electrons. The summed E-state index contributed by atoms with van der Waals surface area (Å²) in [6, 6.07) is 11.4. The fraction of sp³-hybridized carbons (Fsp3) is 0.235. The molecule has 0 aromatic heterocycles. The van der Waals surface area contributed by atoms with E-state index in [0.717, 1.165) is 22.4 Å². The lowest BCUT2D eigenvalue weighted by Gasteiger charge is -2.11. The molecule has 0 bridgehead atoms. The molecule has 0 aliphatic carbocycles. The van der Waals surface area contributed by atoms with Crippen LogP contribution in [0, 0.1) is 13.8 Å². The second-order valence-corrected chi connectivity index (χ2v) is 5.81. The molecule has 0 atom stereocenters. The van der Waals surface area contributed by atoms with E-state index in [1.807, 2.05) is 44.2 Å². The minimum Gasteiger partial charge on any atom is -0.326 e. The minimum atomic E-state index is -0.0246.